The van der Waals surface area contributed by atoms with E-state index in [0.29, 0.717) is 34.2 Å². The molecule has 150 valence electrons. The summed E-state index contributed by atoms with van der Waals surface area (Å²) in [5.74, 6) is 0.688. The Hall–Kier alpha value is -2.51. The topological polar surface area (TPSA) is 84.5 Å². The highest BCUT2D eigenvalue weighted by Crippen LogP contribution is 2.18. The number of hydrogen-bond donors (Lipinski definition) is 2. The van der Waals surface area contributed by atoms with Crippen LogP contribution in [-0.2, 0) is 10.0 Å². The summed E-state index contributed by atoms with van der Waals surface area (Å²) in [5.41, 5.74) is 1.62. The highest BCUT2D eigenvalue weighted by atomic mass is 35.5. The number of unbranched alkanes of at least 4 members (excludes halogenated alkanes) is 1. The van der Waals surface area contributed by atoms with Gasteiger partial charge in [0, 0.05) is 10.7 Å². The number of anilines is 1. The Morgan fingerprint density at radius 3 is 2.36 bits per heavy atom. The van der Waals surface area contributed by atoms with Crippen LogP contribution in [0.1, 0.15) is 32.3 Å². The number of rotatable bonds is 8. The molecule has 0 aliphatic heterocycles. The van der Waals surface area contributed by atoms with Gasteiger partial charge >= 0.3 is 6.03 Å². The minimum atomic E-state index is -3.96. The normalized spacial score (nSPS) is 11.8. The van der Waals surface area contributed by atoms with Crippen LogP contribution in [-0.4, -0.2) is 21.1 Å². The molecule has 0 atom stereocenters. The second-order valence-corrected chi connectivity index (χ2v) is 8.10. The maximum Gasteiger partial charge on any atom is 0.333 e. The van der Waals surface area contributed by atoms with Gasteiger partial charge in [-0.1, -0.05) is 37.1 Å². The highest BCUT2D eigenvalue weighted by molar-refractivity contribution is 7.93. The van der Waals surface area contributed by atoms with Crippen molar-refractivity contribution in [1.29, 1.82) is 0 Å². The Kier molecular flexibility index (Phi) is 7.90. The predicted octanol–water partition coefficient (Wildman–Crippen LogP) is 5.03. The highest BCUT2D eigenvalue weighted by Gasteiger charge is 2.13. The molecule has 0 spiro atoms. The number of urea groups is 1. The summed E-state index contributed by atoms with van der Waals surface area (Å²) in [5, 5.41) is 4.04. The molecule has 0 aromatic heterocycles. The van der Waals surface area contributed by atoms with Crippen molar-refractivity contribution in [3.05, 3.63) is 64.5 Å². The average Bonchev–Trinajstić information content (AvgIpc) is 2.63. The first-order valence-electron chi connectivity index (χ1n) is 8.80. The molecule has 2 aromatic rings. The van der Waals surface area contributed by atoms with Crippen LogP contribution in [0.15, 0.2) is 53.9 Å². The van der Waals surface area contributed by atoms with Crippen LogP contribution in [0, 0.1) is 0 Å². The number of carbonyl (C=O) groups is 1. The second-order valence-electron chi connectivity index (χ2n) is 6.14. The van der Waals surface area contributed by atoms with E-state index in [0.717, 1.165) is 18.2 Å². The second kappa shape index (κ2) is 10.1. The number of allylic oxidation sites excluding steroid dienone is 1. The standard InChI is InChI=1S/C20H23ClN2O4S/c1-3-4-13-27-19-11-9-18(10-12-19)22-20(24)23-28(25,26)14-15(2)16-5-7-17(21)8-6-16/h5-12,14H,3-4,13H2,1-2H3,(H2,22,23,24). The lowest BCUT2D eigenvalue weighted by atomic mass is 10.1. The van der Waals surface area contributed by atoms with E-state index in [1.807, 2.05) is 4.72 Å². The van der Waals surface area contributed by atoms with Gasteiger partial charge in [0.2, 0.25) is 0 Å². The van der Waals surface area contributed by atoms with Crippen molar-refractivity contribution >= 4 is 38.9 Å². The SMILES string of the molecule is CCCCOc1ccc(NC(=O)NS(=O)(=O)C=C(C)c2ccc(Cl)cc2)cc1. The number of halogens is 1. The van der Waals surface area contributed by atoms with E-state index >= 15 is 0 Å². The molecule has 0 fully saturated rings. The van der Waals surface area contributed by atoms with Gasteiger partial charge in [0.15, 0.2) is 0 Å². The van der Waals surface area contributed by atoms with Crippen molar-refractivity contribution in [2.24, 2.45) is 0 Å². The monoisotopic (exact) mass is 422 g/mol. The quantitative estimate of drug-likeness (QED) is 0.584. The third-order valence-corrected chi connectivity index (χ3v) is 5.13. The third kappa shape index (κ3) is 7.25. The van der Waals surface area contributed by atoms with E-state index in [1.54, 1.807) is 55.5 Å². The molecule has 0 saturated heterocycles. The Labute approximate surface area is 170 Å². The molecule has 2 aromatic carbocycles. The van der Waals surface area contributed by atoms with Crippen LogP contribution < -0.4 is 14.8 Å². The summed E-state index contributed by atoms with van der Waals surface area (Å²) < 4.78 is 31.9. The lowest BCUT2D eigenvalue weighted by Crippen LogP contribution is -2.33. The molecule has 0 aliphatic rings. The summed E-state index contributed by atoms with van der Waals surface area (Å²) in [7, 11) is -3.96. The Balaban J connectivity index is 1.95. The van der Waals surface area contributed by atoms with E-state index in [2.05, 4.69) is 12.2 Å². The van der Waals surface area contributed by atoms with Crippen molar-refractivity contribution in [1.82, 2.24) is 4.72 Å². The summed E-state index contributed by atoms with van der Waals surface area (Å²) in [4.78, 5) is 12.0. The number of benzene rings is 2. The molecule has 0 bridgehead atoms. The number of sulfonamides is 1. The van der Waals surface area contributed by atoms with Gasteiger partial charge in [0.1, 0.15) is 5.75 Å². The third-order valence-electron chi connectivity index (χ3n) is 3.75. The molecular weight excluding hydrogens is 400 g/mol. The maximum atomic E-state index is 12.2. The fourth-order valence-electron chi connectivity index (χ4n) is 2.30. The van der Waals surface area contributed by atoms with Crippen LogP contribution in [0.4, 0.5) is 10.5 Å². The zero-order valence-corrected chi connectivity index (χ0v) is 17.3. The molecule has 0 heterocycles. The smallest absolute Gasteiger partial charge is 0.333 e. The van der Waals surface area contributed by atoms with Crippen molar-refractivity contribution in [2.75, 3.05) is 11.9 Å². The van der Waals surface area contributed by atoms with Crippen molar-refractivity contribution in [3.63, 3.8) is 0 Å². The van der Waals surface area contributed by atoms with Gasteiger partial charge in [0.05, 0.1) is 12.0 Å². The first kappa shape index (κ1) is 21.8. The van der Waals surface area contributed by atoms with Crippen molar-refractivity contribution < 1.29 is 17.9 Å². The summed E-state index contributed by atoms with van der Waals surface area (Å²) >= 11 is 5.83. The van der Waals surface area contributed by atoms with Gasteiger partial charge in [-0.2, -0.15) is 0 Å². The van der Waals surface area contributed by atoms with Gasteiger partial charge in [-0.25, -0.2) is 17.9 Å². The number of amides is 2. The number of ether oxygens (including phenoxy) is 1. The molecule has 28 heavy (non-hydrogen) atoms. The zero-order valence-electron chi connectivity index (χ0n) is 15.7. The van der Waals surface area contributed by atoms with Crippen LogP contribution in [0.3, 0.4) is 0 Å². The fraction of sp³-hybridized carbons (Fsp3) is 0.250. The van der Waals surface area contributed by atoms with Gasteiger partial charge in [-0.05, 0) is 60.9 Å². The lowest BCUT2D eigenvalue weighted by molar-refractivity contribution is 0.256. The Morgan fingerprint density at radius 2 is 1.75 bits per heavy atom. The van der Waals surface area contributed by atoms with E-state index in [1.165, 1.54) is 0 Å². The summed E-state index contributed by atoms with van der Waals surface area (Å²) in [6.45, 7) is 4.34. The number of hydrogen-bond acceptors (Lipinski definition) is 4. The van der Waals surface area contributed by atoms with Gasteiger partial charge < -0.3 is 10.1 Å². The predicted molar refractivity (Wildman–Crippen MR) is 113 cm³/mol. The minimum Gasteiger partial charge on any atom is -0.494 e. The molecule has 0 aliphatic carbocycles. The van der Waals surface area contributed by atoms with E-state index in [-0.39, 0.29) is 0 Å². The van der Waals surface area contributed by atoms with E-state index < -0.39 is 16.1 Å². The van der Waals surface area contributed by atoms with Crippen molar-refractivity contribution in [2.45, 2.75) is 26.7 Å². The number of nitrogens with one attached hydrogen (secondary N) is 2. The lowest BCUT2D eigenvalue weighted by Gasteiger charge is -2.09. The average molecular weight is 423 g/mol. The molecule has 2 rings (SSSR count). The molecule has 2 N–H and O–H groups in total. The molecular formula is C20H23ClN2O4S. The molecule has 6 nitrogen and oxygen atoms in total. The first-order chi connectivity index (χ1) is 13.3. The van der Waals surface area contributed by atoms with Crippen LogP contribution in [0.5, 0.6) is 5.75 Å². The van der Waals surface area contributed by atoms with Gasteiger partial charge in [-0.3, -0.25) is 0 Å². The number of carbonyl (C=O) groups excluding carboxylic acids is 1. The van der Waals surface area contributed by atoms with E-state index in [9.17, 15) is 13.2 Å². The summed E-state index contributed by atoms with van der Waals surface area (Å²) in [6.07, 6.45) is 2.00. The molecule has 0 saturated carbocycles. The Morgan fingerprint density at radius 1 is 1.11 bits per heavy atom. The largest absolute Gasteiger partial charge is 0.494 e. The maximum absolute atomic E-state index is 12.2. The van der Waals surface area contributed by atoms with E-state index in [4.69, 9.17) is 16.3 Å². The Bertz CT molecular complexity index is 924. The van der Waals surface area contributed by atoms with Gasteiger partial charge in [-0.15, -0.1) is 0 Å². The van der Waals surface area contributed by atoms with Crippen LogP contribution in [0.25, 0.3) is 5.57 Å². The minimum absolute atomic E-state index is 0.453. The molecule has 0 unspecified atom stereocenters. The molecule has 8 heteroatoms. The fourth-order valence-corrected chi connectivity index (χ4v) is 3.39. The van der Waals surface area contributed by atoms with Crippen LogP contribution in [0.2, 0.25) is 5.02 Å². The summed E-state index contributed by atoms with van der Waals surface area (Å²) in [6, 6.07) is 12.6. The molecule has 0 radical (unpaired) electrons. The first-order valence-corrected chi connectivity index (χ1v) is 10.7. The zero-order chi connectivity index (χ0) is 20.6. The van der Waals surface area contributed by atoms with Gasteiger partial charge in [0.25, 0.3) is 10.0 Å². The molecule has 2 amide bonds. The van der Waals surface area contributed by atoms with Crippen LogP contribution >= 0.6 is 11.6 Å². The van der Waals surface area contributed by atoms with Crippen molar-refractivity contribution in [3.8, 4) is 5.75 Å².